The Hall–Kier alpha value is -3.89. The van der Waals surface area contributed by atoms with E-state index in [1.165, 1.54) is 23.2 Å². The number of hydrogen-bond donors (Lipinski definition) is 2. The number of halogens is 3. The van der Waals surface area contributed by atoms with E-state index in [2.05, 4.69) is 10.3 Å². The van der Waals surface area contributed by atoms with E-state index in [4.69, 9.17) is 17.3 Å². The molecule has 0 aliphatic carbocycles. The Bertz CT molecular complexity index is 1280. The molecule has 0 saturated carbocycles. The van der Waals surface area contributed by atoms with Crippen molar-refractivity contribution >= 4 is 29.3 Å². The summed E-state index contributed by atoms with van der Waals surface area (Å²) in [5.41, 5.74) is 7.21. The standard InChI is InChI=1S/C25H22ClF2N5O3/c26-21-5-4-17(14-30-21)24(35)32-6-7-33(25(36)18-9-19(27)11-20(28)10-18)23(32)22(34)31-13-16-3-1-2-15(8-16)12-29/h1-5,8-11,14,23H,6-7,12-13,29H2,(H,31,34). The van der Waals surface area contributed by atoms with Crippen molar-refractivity contribution in [2.24, 2.45) is 5.73 Å². The van der Waals surface area contributed by atoms with Gasteiger partial charge in [-0.05, 0) is 35.4 Å². The first-order chi connectivity index (χ1) is 17.3. The van der Waals surface area contributed by atoms with Gasteiger partial charge in [-0.1, -0.05) is 35.9 Å². The van der Waals surface area contributed by atoms with Crippen LogP contribution in [0.3, 0.4) is 0 Å². The summed E-state index contributed by atoms with van der Waals surface area (Å²) in [5, 5.41) is 2.93. The number of rotatable bonds is 6. The van der Waals surface area contributed by atoms with E-state index in [1.54, 1.807) is 12.1 Å². The third kappa shape index (κ3) is 5.50. The fraction of sp³-hybridized carbons (Fsp3) is 0.200. The zero-order chi connectivity index (χ0) is 25.8. The van der Waals surface area contributed by atoms with Crippen molar-refractivity contribution in [1.82, 2.24) is 20.1 Å². The van der Waals surface area contributed by atoms with Gasteiger partial charge in [0, 0.05) is 44.0 Å². The minimum absolute atomic E-state index is 0.0196. The van der Waals surface area contributed by atoms with Crippen LogP contribution in [0.2, 0.25) is 5.15 Å². The van der Waals surface area contributed by atoms with Gasteiger partial charge in [0.25, 0.3) is 17.7 Å². The van der Waals surface area contributed by atoms with Crippen molar-refractivity contribution in [3.8, 4) is 0 Å². The molecule has 1 aromatic heterocycles. The highest BCUT2D eigenvalue weighted by molar-refractivity contribution is 6.29. The van der Waals surface area contributed by atoms with E-state index >= 15 is 0 Å². The van der Waals surface area contributed by atoms with Crippen molar-refractivity contribution in [3.63, 3.8) is 0 Å². The zero-order valence-corrected chi connectivity index (χ0v) is 19.7. The van der Waals surface area contributed by atoms with Gasteiger partial charge >= 0.3 is 0 Å². The van der Waals surface area contributed by atoms with Gasteiger partial charge in [-0.15, -0.1) is 0 Å². The number of nitrogens with zero attached hydrogens (tertiary/aromatic N) is 3. The lowest BCUT2D eigenvalue weighted by atomic mass is 10.1. The van der Waals surface area contributed by atoms with Crippen LogP contribution in [-0.2, 0) is 17.9 Å². The largest absolute Gasteiger partial charge is 0.349 e. The summed E-state index contributed by atoms with van der Waals surface area (Å²) in [6, 6.07) is 12.6. The number of hydrogen-bond acceptors (Lipinski definition) is 5. The maximum atomic E-state index is 13.8. The second kappa shape index (κ2) is 10.8. The summed E-state index contributed by atoms with van der Waals surface area (Å²) in [6.45, 7) is 0.439. The molecule has 3 aromatic rings. The molecule has 3 N–H and O–H groups in total. The lowest BCUT2D eigenvalue weighted by Gasteiger charge is -2.29. The fourth-order valence-electron chi connectivity index (χ4n) is 3.99. The minimum atomic E-state index is -1.36. The minimum Gasteiger partial charge on any atom is -0.349 e. The summed E-state index contributed by atoms with van der Waals surface area (Å²) in [6.07, 6.45) is -0.0885. The van der Waals surface area contributed by atoms with Gasteiger partial charge in [-0.2, -0.15) is 0 Å². The third-order valence-corrected chi connectivity index (χ3v) is 5.93. The molecule has 8 nitrogen and oxygen atoms in total. The van der Waals surface area contributed by atoms with E-state index < -0.39 is 35.5 Å². The summed E-state index contributed by atoms with van der Waals surface area (Å²) in [5.74, 6) is -3.84. The van der Waals surface area contributed by atoms with Gasteiger partial charge in [0.05, 0.1) is 5.56 Å². The van der Waals surface area contributed by atoms with Crippen LogP contribution in [-0.4, -0.2) is 51.8 Å². The molecule has 2 aromatic carbocycles. The molecular formula is C25H22ClF2N5O3. The fourth-order valence-corrected chi connectivity index (χ4v) is 4.11. The van der Waals surface area contributed by atoms with Crippen LogP contribution < -0.4 is 11.1 Å². The van der Waals surface area contributed by atoms with Crippen LogP contribution in [0.1, 0.15) is 31.8 Å². The maximum Gasteiger partial charge on any atom is 0.264 e. The summed E-state index contributed by atoms with van der Waals surface area (Å²) in [4.78, 5) is 46.0. The highest BCUT2D eigenvalue weighted by atomic mass is 35.5. The van der Waals surface area contributed by atoms with Gasteiger partial charge in [0.1, 0.15) is 16.8 Å². The van der Waals surface area contributed by atoms with E-state index in [0.717, 1.165) is 28.2 Å². The molecule has 1 fully saturated rings. The molecule has 1 aliphatic heterocycles. The van der Waals surface area contributed by atoms with Gasteiger partial charge in [-0.3, -0.25) is 14.4 Å². The first-order valence-corrected chi connectivity index (χ1v) is 11.4. The second-order valence-corrected chi connectivity index (χ2v) is 8.53. The zero-order valence-electron chi connectivity index (χ0n) is 19.0. The average molecular weight is 514 g/mol. The molecule has 3 amide bonds. The molecule has 11 heteroatoms. The molecule has 1 atom stereocenters. The molecule has 1 saturated heterocycles. The molecule has 0 bridgehead atoms. The second-order valence-electron chi connectivity index (χ2n) is 8.14. The quantitative estimate of drug-likeness (QED) is 0.493. The Morgan fingerprint density at radius 3 is 2.19 bits per heavy atom. The molecule has 186 valence electrons. The van der Waals surface area contributed by atoms with Crippen LogP contribution >= 0.6 is 11.6 Å². The molecule has 0 radical (unpaired) electrons. The molecule has 36 heavy (non-hydrogen) atoms. The van der Waals surface area contributed by atoms with Crippen molar-refractivity contribution in [1.29, 1.82) is 0 Å². The monoisotopic (exact) mass is 513 g/mol. The predicted octanol–water partition coefficient (Wildman–Crippen LogP) is 2.71. The van der Waals surface area contributed by atoms with Crippen LogP contribution in [0.5, 0.6) is 0 Å². The lowest BCUT2D eigenvalue weighted by molar-refractivity contribution is -0.128. The smallest absolute Gasteiger partial charge is 0.264 e. The van der Waals surface area contributed by atoms with E-state index in [-0.39, 0.29) is 35.9 Å². The Morgan fingerprint density at radius 1 is 0.944 bits per heavy atom. The average Bonchev–Trinajstić information content (AvgIpc) is 3.31. The van der Waals surface area contributed by atoms with Gasteiger partial charge in [0.15, 0.2) is 6.17 Å². The normalized spacial score (nSPS) is 15.2. The summed E-state index contributed by atoms with van der Waals surface area (Å²) < 4.78 is 27.6. The number of nitrogens with two attached hydrogens (primary N) is 1. The predicted molar refractivity (Wildman–Crippen MR) is 128 cm³/mol. The Balaban J connectivity index is 1.62. The topological polar surface area (TPSA) is 109 Å². The Kier molecular flexibility index (Phi) is 7.56. The van der Waals surface area contributed by atoms with E-state index in [9.17, 15) is 23.2 Å². The van der Waals surface area contributed by atoms with Crippen LogP contribution in [0.15, 0.2) is 60.8 Å². The lowest BCUT2D eigenvalue weighted by Crippen LogP contribution is -2.53. The molecule has 1 unspecified atom stereocenters. The number of amides is 3. The maximum absolute atomic E-state index is 13.8. The van der Waals surface area contributed by atoms with E-state index in [1.807, 2.05) is 12.1 Å². The molecule has 0 spiro atoms. The number of aromatic nitrogens is 1. The number of pyridine rings is 1. The third-order valence-electron chi connectivity index (χ3n) is 5.71. The van der Waals surface area contributed by atoms with E-state index in [0.29, 0.717) is 12.6 Å². The Morgan fingerprint density at radius 2 is 1.58 bits per heavy atom. The molecular weight excluding hydrogens is 492 g/mol. The summed E-state index contributed by atoms with van der Waals surface area (Å²) >= 11 is 5.81. The van der Waals surface area contributed by atoms with Crippen LogP contribution in [0.4, 0.5) is 8.78 Å². The first-order valence-electron chi connectivity index (χ1n) is 11.0. The number of nitrogens with one attached hydrogen (secondary N) is 1. The molecule has 2 heterocycles. The first kappa shape index (κ1) is 25.2. The van der Waals surface area contributed by atoms with Crippen molar-refractivity contribution < 1.29 is 23.2 Å². The van der Waals surface area contributed by atoms with Crippen molar-refractivity contribution in [2.45, 2.75) is 19.3 Å². The number of carbonyl (C=O) groups excluding carboxylic acids is 3. The van der Waals surface area contributed by atoms with Gasteiger partial charge in [-0.25, -0.2) is 13.8 Å². The van der Waals surface area contributed by atoms with Gasteiger partial charge < -0.3 is 20.9 Å². The van der Waals surface area contributed by atoms with Crippen molar-refractivity contribution in [3.05, 3.63) is 99.8 Å². The number of benzene rings is 2. The van der Waals surface area contributed by atoms with Gasteiger partial charge in [0.2, 0.25) is 0 Å². The van der Waals surface area contributed by atoms with Crippen LogP contribution in [0.25, 0.3) is 0 Å². The SMILES string of the molecule is NCc1cccc(CNC(=O)C2N(C(=O)c3ccc(Cl)nc3)CCN2C(=O)c2cc(F)cc(F)c2)c1. The highest BCUT2D eigenvalue weighted by Gasteiger charge is 2.43. The highest BCUT2D eigenvalue weighted by Crippen LogP contribution is 2.22. The Labute approximate surface area is 210 Å². The van der Waals surface area contributed by atoms with Crippen molar-refractivity contribution in [2.75, 3.05) is 13.1 Å². The van der Waals surface area contributed by atoms with Crippen LogP contribution in [0, 0.1) is 11.6 Å². The number of carbonyl (C=O) groups is 3. The molecule has 1 aliphatic rings. The summed E-state index contributed by atoms with van der Waals surface area (Å²) in [7, 11) is 0. The molecule has 4 rings (SSSR count).